The smallest absolute Gasteiger partial charge is 0.345 e. The van der Waals surface area contributed by atoms with Crippen LogP contribution in [0.2, 0.25) is 0 Å². The highest BCUT2D eigenvalue weighted by Gasteiger charge is 2.32. The van der Waals surface area contributed by atoms with Crippen molar-refractivity contribution in [3.05, 3.63) is 53.6 Å². The molecule has 11 heteroatoms. The van der Waals surface area contributed by atoms with Crippen LogP contribution >= 0.6 is 11.3 Å². The summed E-state index contributed by atoms with van der Waals surface area (Å²) < 4.78 is 63.0. The summed E-state index contributed by atoms with van der Waals surface area (Å²) in [6, 6.07) is 9.22. The summed E-state index contributed by atoms with van der Waals surface area (Å²) in [5, 5.41) is 0.715. The molecule has 0 spiro atoms. The lowest BCUT2D eigenvalue weighted by Crippen LogP contribution is -2.48. The number of rotatable bonds is 3. The Balaban J connectivity index is 1.47. The number of thiazole rings is 1. The summed E-state index contributed by atoms with van der Waals surface area (Å²) in [7, 11) is -3.31. The highest BCUT2D eigenvalue weighted by molar-refractivity contribution is 7.90. The van der Waals surface area contributed by atoms with Crippen molar-refractivity contribution in [2.75, 3.05) is 37.3 Å². The van der Waals surface area contributed by atoms with Crippen LogP contribution in [0.15, 0.2) is 47.4 Å². The van der Waals surface area contributed by atoms with Crippen LogP contribution in [0.1, 0.15) is 15.9 Å². The fraction of sp³-hybridized carbons (Fsp3) is 0.300. The Hall–Kier alpha value is -2.66. The fourth-order valence-electron chi connectivity index (χ4n) is 3.37. The van der Waals surface area contributed by atoms with E-state index in [1.54, 1.807) is 12.1 Å². The lowest BCUT2D eigenvalue weighted by atomic mass is 10.1. The van der Waals surface area contributed by atoms with Gasteiger partial charge < -0.3 is 9.80 Å². The molecule has 2 aromatic carbocycles. The summed E-state index contributed by atoms with van der Waals surface area (Å²) in [6.07, 6.45) is -3.35. The van der Waals surface area contributed by atoms with Gasteiger partial charge >= 0.3 is 6.18 Å². The number of carbonyl (C=O) groups is 1. The Labute approximate surface area is 180 Å². The van der Waals surface area contributed by atoms with Crippen molar-refractivity contribution in [1.82, 2.24) is 9.88 Å². The second-order valence-electron chi connectivity index (χ2n) is 7.26. The number of aromatic nitrogens is 1. The molecule has 3 aromatic rings. The van der Waals surface area contributed by atoms with Gasteiger partial charge in [0.05, 0.1) is 20.7 Å². The predicted octanol–water partition coefficient (Wildman–Crippen LogP) is 3.68. The van der Waals surface area contributed by atoms with E-state index < -0.39 is 27.5 Å². The van der Waals surface area contributed by atoms with E-state index in [1.165, 1.54) is 34.4 Å². The molecule has 0 unspecified atom stereocenters. The standard InChI is InChI=1S/C20H18F3N3O3S2/c1-31(28,29)15-5-6-16-17(12-15)30-19(24-16)26-9-7-25(8-10-26)18(27)13-3-2-4-14(11-13)20(21,22)23/h2-6,11-12H,7-10H2,1H3. The molecular weight excluding hydrogens is 451 g/mol. The topological polar surface area (TPSA) is 70.6 Å². The molecule has 1 aromatic heterocycles. The molecule has 0 aliphatic carbocycles. The highest BCUT2D eigenvalue weighted by atomic mass is 32.2. The van der Waals surface area contributed by atoms with E-state index in [0.717, 1.165) is 23.1 Å². The second-order valence-corrected chi connectivity index (χ2v) is 10.3. The van der Waals surface area contributed by atoms with Crippen molar-refractivity contribution in [2.45, 2.75) is 11.1 Å². The van der Waals surface area contributed by atoms with Gasteiger partial charge in [-0.2, -0.15) is 13.2 Å². The van der Waals surface area contributed by atoms with Gasteiger partial charge in [-0.3, -0.25) is 4.79 Å². The molecule has 0 N–H and O–H groups in total. The molecule has 1 aliphatic heterocycles. The van der Waals surface area contributed by atoms with Gasteiger partial charge in [-0.25, -0.2) is 13.4 Å². The van der Waals surface area contributed by atoms with Crippen molar-refractivity contribution in [1.29, 1.82) is 0 Å². The first-order chi connectivity index (χ1) is 14.5. The number of benzene rings is 2. The molecule has 1 aliphatic rings. The second kappa shape index (κ2) is 7.79. The lowest BCUT2D eigenvalue weighted by Gasteiger charge is -2.34. The molecule has 1 saturated heterocycles. The average molecular weight is 470 g/mol. The quantitative estimate of drug-likeness (QED) is 0.585. The molecule has 0 saturated carbocycles. The molecule has 6 nitrogen and oxygen atoms in total. The van der Waals surface area contributed by atoms with Crippen molar-refractivity contribution >= 4 is 42.4 Å². The first-order valence-corrected chi connectivity index (χ1v) is 12.1. The van der Waals surface area contributed by atoms with E-state index in [1.807, 2.05) is 4.90 Å². The van der Waals surface area contributed by atoms with Gasteiger partial charge in [-0.15, -0.1) is 0 Å². The van der Waals surface area contributed by atoms with E-state index in [2.05, 4.69) is 4.98 Å². The van der Waals surface area contributed by atoms with Gasteiger partial charge in [0, 0.05) is 38.0 Å². The van der Waals surface area contributed by atoms with Crippen LogP contribution in [0.3, 0.4) is 0 Å². The van der Waals surface area contributed by atoms with Crippen LogP contribution in [-0.2, 0) is 16.0 Å². The normalized spacial score (nSPS) is 15.5. The summed E-state index contributed by atoms with van der Waals surface area (Å²) >= 11 is 1.37. The third kappa shape index (κ3) is 4.52. The Morgan fingerprint density at radius 1 is 1.06 bits per heavy atom. The van der Waals surface area contributed by atoms with Gasteiger partial charge in [-0.1, -0.05) is 17.4 Å². The maximum absolute atomic E-state index is 12.9. The molecule has 0 radical (unpaired) electrons. The van der Waals surface area contributed by atoms with Crippen LogP contribution in [0.4, 0.5) is 18.3 Å². The van der Waals surface area contributed by atoms with E-state index in [4.69, 9.17) is 0 Å². The highest BCUT2D eigenvalue weighted by Crippen LogP contribution is 2.32. The number of piperazine rings is 1. The van der Waals surface area contributed by atoms with Crippen molar-refractivity contribution in [3.63, 3.8) is 0 Å². The number of carbonyl (C=O) groups excluding carboxylic acids is 1. The number of hydrogen-bond acceptors (Lipinski definition) is 6. The first kappa shape index (κ1) is 21.6. The average Bonchev–Trinajstić information content (AvgIpc) is 3.15. The first-order valence-electron chi connectivity index (χ1n) is 9.34. The maximum atomic E-state index is 12.9. The van der Waals surface area contributed by atoms with E-state index >= 15 is 0 Å². The SMILES string of the molecule is CS(=O)(=O)c1ccc2nc(N3CCN(C(=O)c4cccc(C(F)(F)F)c4)CC3)sc2c1. The molecule has 164 valence electrons. The van der Waals surface area contributed by atoms with Gasteiger partial charge in [0.1, 0.15) is 0 Å². The van der Waals surface area contributed by atoms with Crippen LogP contribution in [0.5, 0.6) is 0 Å². The summed E-state index contributed by atoms with van der Waals surface area (Å²) in [4.78, 5) is 21.0. The molecule has 0 bridgehead atoms. The van der Waals surface area contributed by atoms with Crippen molar-refractivity contribution < 1.29 is 26.4 Å². The number of alkyl halides is 3. The van der Waals surface area contributed by atoms with Crippen LogP contribution in [0.25, 0.3) is 10.2 Å². The number of amides is 1. The summed E-state index contributed by atoms with van der Waals surface area (Å²) in [5.74, 6) is -0.437. The fourth-order valence-corrected chi connectivity index (χ4v) is 5.15. The molecule has 2 heterocycles. The molecule has 1 amide bonds. The number of nitrogens with zero attached hydrogens (tertiary/aromatic N) is 3. The molecular formula is C20H18F3N3O3S2. The molecule has 0 atom stereocenters. The minimum absolute atomic E-state index is 0.0107. The number of sulfone groups is 1. The minimum atomic E-state index is -4.50. The van der Waals surface area contributed by atoms with E-state index in [9.17, 15) is 26.4 Å². The Morgan fingerprint density at radius 2 is 1.77 bits per heavy atom. The van der Waals surface area contributed by atoms with Crippen LogP contribution in [0, 0.1) is 0 Å². The maximum Gasteiger partial charge on any atom is 0.416 e. The molecule has 31 heavy (non-hydrogen) atoms. The Morgan fingerprint density at radius 3 is 2.42 bits per heavy atom. The zero-order valence-electron chi connectivity index (χ0n) is 16.4. The Bertz CT molecular complexity index is 1250. The van der Waals surface area contributed by atoms with E-state index in [0.29, 0.717) is 36.8 Å². The zero-order valence-corrected chi connectivity index (χ0v) is 18.0. The molecule has 1 fully saturated rings. The minimum Gasteiger partial charge on any atom is -0.345 e. The zero-order chi connectivity index (χ0) is 22.4. The van der Waals surface area contributed by atoms with Crippen molar-refractivity contribution in [3.8, 4) is 0 Å². The van der Waals surface area contributed by atoms with Crippen LogP contribution in [-0.4, -0.2) is 56.6 Å². The monoisotopic (exact) mass is 469 g/mol. The van der Waals surface area contributed by atoms with E-state index in [-0.39, 0.29) is 10.5 Å². The molecule has 4 rings (SSSR count). The van der Waals surface area contributed by atoms with Gasteiger partial charge in [0.25, 0.3) is 5.91 Å². The van der Waals surface area contributed by atoms with Gasteiger partial charge in [-0.05, 0) is 36.4 Å². The number of hydrogen-bond donors (Lipinski definition) is 0. The number of fused-ring (bicyclic) bond motifs is 1. The van der Waals surface area contributed by atoms with Crippen LogP contribution < -0.4 is 4.90 Å². The lowest BCUT2D eigenvalue weighted by molar-refractivity contribution is -0.137. The van der Waals surface area contributed by atoms with Gasteiger partial charge in [0.15, 0.2) is 15.0 Å². The largest absolute Gasteiger partial charge is 0.416 e. The number of halogens is 3. The van der Waals surface area contributed by atoms with Crippen molar-refractivity contribution in [2.24, 2.45) is 0 Å². The third-order valence-corrected chi connectivity index (χ3v) is 7.24. The summed E-state index contributed by atoms with van der Waals surface area (Å²) in [6.45, 7) is 1.64. The Kier molecular flexibility index (Phi) is 5.42. The number of anilines is 1. The third-order valence-electron chi connectivity index (χ3n) is 5.05. The summed E-state index contributed by atoms with van der Waals surface area (Å²) in [5.41, 5.74) is -0.147. The predicted molar refractivity (Wildman–Crippen MR) is 112 cm³/mol. The van der Waals surface area contributed by atoms with Gasteiger partial charge in [0.2, 0.25) is 0 Å².